The lowest BCUT2D eigenvalue weighted by Gasteiger charge is -2.08. The van der Waals surface area contributed by atoms with E-state index in [1.807, 2.05) is 42.0 Å². The molecule has 0 saturated carbocycles. The Morgan fingerprint density at radius 1 is 1.13 bits per heavy atom. The number of hydrogen-bond donors (Lipinski definition) is 2. The zero-order chi connectivity index (χ0) is 21.7. The Morgan fingerprint density at radius 2 is 1.87 bits per heavy atom. The molecular formula is C22H26N4O4. The van der Waals surface area contributed by atoms with Crippen molar-refractivity contribution in [3.8, 4) is 0 Å². The number of esters is 1. The summed E-state index contributed by atoms with van der Waals surface area (Å²) in [6.45, 7) is 6.61. The van der Waals surface area contributed by atoms with E-state index >= 15 is 0 Å². The molecule has 2 heterocycles. The molecule has 1 aromatic carbocycles. The van der Waals surface area contributed by atoms with Gasteiger partial charge in [-0.3, -0.25) is 4.79 Å². The van der Waals surface area contributed by atoms with E-state index in [2.05, 4.69) is 15.3 Å². The Hall–Kier alpha value is -3.39. The molecule has 0 unspecified atom stereocenters. The second kappa shape index (κ2) is 9.41. The fourth-order valence-electron chi connectivity index (χ4n) is 3.23. The molecule has 0 bridgehead atoms. The summed E-state index contributed by atoms with van der Waals surface area (Å²) in [4.78, 5) is 32.3. The second-order valence-electron chi connectivity index (χ2n) is 7.01. The number of rotatable bonds is 8. The zero-order valence-corrected chi connectivity index (χ0v) is 17.6. The van der Waals surface area contributed by atoms with Crippen molar-refractivity contribution in [2.24, 2.45) is 0 Å². The Kier molecular flexibility index (Phi) is 6.68. The Morgan fingerprint density at radius 3 is 2.50 bits per heavy atom. The van der Waals surface area contributed by atoms with Crippen LogP contribution in [0.25, 0.3) is 0 Å². The van der Waals surface area contributed by atoms with Crippen LogP contribution in [-0.4, -0.2) is 46.7 Å². The van der Waals surface area contributed by atoms with Crippen molar-refractivity contribution in [3.05, 3.63) is 70.6 Å². The summed E-state index contributed by atoms with van der Waals surface area (Å²) in [5, 5.41) is 2.87. The molecule has 3 rings (SSSR count). The maximum Gasteiger partial charge on any atom is 0.340 e. The quantitative estimate of drug-likeness (QED) is 0.439. The normalized spacial score (nSPS) is 10.8. The van der Waals surface area contributed by atoms with E-state index in [9.17, 15) is 9.59 Å². The molecule has 3 aromatic rings. The number of carbonyl (C=O) groups excluding carboxylic acids is 2. The average Bonchev–Trinajstić information content (AvgIpc) is 3.25. The smallest absolute Gasteiger partial charge is 0.340 e. The molecule has 2 aromatic heterocycles. The third-order valence-corrected chi connectivity index (χ3v) is 4.88. The molecule has 0 aliphatic heterocycles. The number of hydrogen-bond acceptors (Lipinski definition) is 5. The minimum Gasteiger partial charge on any atom is -0.460 e. The third kappa shape index (κ3) is 4.77. The Labute approximate surface area is 175 Å². The van der Waals surface area contributed by atoms with Gasteiger partial charge in [0.05, 0.1) is 12.2 Å². The summed E-state index contributed by atoms with van der Waals surface area (Å²) in [6.07, 6.45) is 3.70. The number of imidazole rings is 1. The van der Waals surface area contributed by atoms with Gasteiger partial charge in [-0.25, -0.2) is 9.78 Å². The van der Waals surface area contributed by atoms with Crippen LogP contribution < -0.4 is 5.32 Å². The molecule has 0 aliphatic rings. The molecule has 0 atom stereocenters. The SMILES string of the molecule is COCCOC(=O)c1c(C)[nH]c(C(=O)Nc2ccc(Cn3ccnc3C)cc2)c1C. The number of amides is 1. The zero-order valence-electron chi connectivity index (χ0n) is 17.6. The number of benzene rings is 1. The van der Waals surface area contributed by atoms with Gasteiger partial charge in [0.15, 0.2) is 0 Å². The van der Waals surface area contributed by atoms with Crippen molar-refractivity contribution in [1.29, 1.82) is 0 Å². The van der Waals surface area contributed by atoms with Crippen LogP contribution in [0.5, 0.6) is 0 Å². The number of methoxy groups -OCH3 is 1. The first-order chi connectivity index (χ1) is 14.4. The molecule has 0 spiro atoms. The van der Waals surface area contributed by atoms with E-state index < -0.39 is 5.97 Å². The second-order valence-corrected chi connectivity index (χ2v) is 7.01. The van der Waals surface area contributed by atoms with E-state index in [0.29, 0.717) is 41.4 Å². The number of nitrogens with one attached hydrogen (secondary N) is 2. The first-order valence-electron chi connectivity index (χ1n) is 9.64. The van der Waals surface area contributed by atoms with E-state index in [1.54, 1.807) is 20.0 Å². The topological polar surface area (TPSA) is 98.2 Å². The minimum atomic E-state index is -0.475. The maximum absolute atomic E-state index is 12.7. The van der Waals surface area contributed by atoms with Crippen molar-refractivity contribution in [1.82, 2.24) is 14.5 Å². The van der Waals surface area contributed by atoms with Crippen molar-refractivity contribution >= 4 is 17.6 Å². The van der Waals surface area contributed by atoms with E-state index in [4.69, 9.17) is 9.47 Å². The highest BCUT2D eigenvalue weighted by Gasteiger charge is 2.23. The van der Waals surface area contributed by atoms with Crippen molar-refractivity contribution in [2.75, 3.05) is 25.6 Å². The highest BCUT2D eigenvalue weighted by Crippen LogP contribution is 2.21. The van der Waals surface area contributed by atoms with Crippen molar-refractivity contribution in [3.63, 3.8) is 0 Å². The molecule has 30 heavy (non-hydrogen) atoms. The summed E-state index contributed by atoms with van der Waals surface area (Å²) >= 11 is 0. The van der Waals surface area contributed by atoms with Crippen LogP contribution in [-0.2, 0) is 16.0 Å². The predicted octanol–water partition coefficient (Wildman–Crippen LogP) is 3.24. The molecule has 8 heteroatoms. The summed E-state index contributed by atoms with van der Waals surface area (Å²) < 4.78 is 12.1. The van der Waals surface area contributed by atoms with Gasteiger partial charge in [0.2, 0.25) is 0 Å². The first-order valence-corrected chi connectivity index (χ1v) is 9.64. The molecule has 2 N–H and O–H groups in total. The highest BCUT2D eigenvalue weighted by atomic mass is 16.6. The third-order valence-electron chi connectivity index (χ3n) is 4.88. The first kappa shape index (κ1) is 21.3. The van der Waals surface area contributed by atoms with Gasteiger partial charge in [0.25, 0.3) is 5.91 Å². The standard InChI is InChI=1S/C22H26N4O4/c1-14-19(22(28)30-12-11-29-4)15(2)24-20(14)21(27)25-18-7-5-17(6-8-18)13-26-10-9-23-16(26)3/h5-10,24H,11-13H2,1-4H3,(H,25,27). The van der Waals surface area contributed by atoms with E-state index in [0.717, 1.165) is 11.4 Å². The van der Waals surface area contributed by atoms with Gasteiger partial charge in [-0.15, -0.1) is 0 Å². The number of nitrogens with zero attached hydrogens (tertiary/aromatic N) is 2. The van der Waals surface area contributed by atoms with Gasteiger partial charge in [-0.05, 0) is 44.0 Å². The minimum absolute atomic E-state index is 0.159. The fourth-order valence-corrected chi connectivity index (χ4v) is 3.23. The number of H-pyrrole nitrogens is 1. The number of aromatic amines is 1. The van der Waals surface area contributed by atoms with Gasteiger partial charge in [-0.1, -0.05) is 12.1 Å². The molecule has 158 valence electrons. The lowest BCUT2D eigenvalue weighted by Crippen LogP contribution is -2.15. The van der Waals surface area contributed by atoms with Gasteiger partial charge in [0, 0.05) is 37.4 Å². The predicted molar refractivity (Wildman–Crippen MR) is 113 cm³/mol. The molecule has 8 nitrogen and oxygen atoms in total. The lowest BCUT2D eigenvalue weighted by molar-refractivity contribution is 0.0387. The van der Waals surface area contributed by atoms with Gasteiger partial charge >= 0.3 is 5.97 Å². The summed E-state index contributed by atoms with van der Waals surface area (Å²) in [7, 11) is 1.54. The Balaban J connectivity index is 1.68. The fraction of sp³-hybridized carbons (Fsp3) is 0.318. The summed E-state index contributed by atoms with van der Waals surface area (Å²) in [5.41, 5.74) is 3.63. The van der Waals surface area contributed by atoms with Crippen LogP contribution in [0.4, 0.5) is 5.69 Å². The van der Waals surface area contributed by atoms with E-state index in [-0.39, 0.29) is 12.5 Å². The summed E-state index contributed by atoms with van der Waals surface area (Å²) in [5.74, 6) is 0.155. The number of aromatic nitrogens is 3. The number of ether oxygens (including phenoxy) is 2. The highest BCUT2D eigenvalue weighted by molar-refractivity contribution is 6.06. The van der Waals surface area contributed by atoms with Gasteiger partial charge in [-0.2, -0.15) is 0 Å². The van der Waals surface area contributed by atoms with Crippen molar-refractivity contribution in [2.45, 2.75) is 27.3 Å². The number of carbonyl (C=O) groups is 2. The van der Waals surface area contributed by atoms with Crippen LogP contribution in [0.3, 0.4) is 0 Å². The Bertz CT molecular complexity index is 1030. The van der Waals surface area contributed by atoms with Crippen LogP contribution in [0.2, 0.25) is 0 Å². The van der Waals surface area contributed by atoms with Crippen molar-refractivity contribution < 1.29 is 19.1 Å². The maximum atomic E-state index is 12.7. The molecule has 0 fully saturated rings. The largest absolute Gasteiger partial charge is 0.460 e. The van der Waals surface area contributed by atoms with Gasteiger partial charge in [0.1, 0.15) is 18.1 Å². The van der Waals surface area contributed by atoms with Crippen LogP contribution in [0, 0.1) is 20.8 Å². The lowest BCUT2D eigenvalue weighted by atomic mass is 10.1. The number of aryl methyl sites for hydroxylation is 2. The molecular weight excluding hydrogens is 384 g/mol. The molecule has 0 aliphatic carbocycles. The number of anilines is 1. The van der Waals surface area contributed by atoms with Crippen LogP contribution in [0.15, 0.2) is 36.7 Å². The molecule has 1 amide bonds. The average molecular weight is 410 g/mol. The monoisotopic (exact) mass is 410 g/mol. The van der Waals surface area contributed by atoms with Crippen LogP contribution >= 0.6 is 0 Å². The van der Waals surface area contributed by atoms with E-state index in [1.165, 1.54) is 7.11 Å². The van der Waals surface area contributed by atoms with Crippen LogP contribution in [0.1, 0.15) is 43.5 Å². The summed E-state index contributed by atoms with van der Waals surface area (Å²) in [6, 6.07) is 7.62. The molecule has 0 saturated heterocycles. The molecule has 0 radical (unpaired) electrons. The van der Waals surface area contributed by atoms with Gasteiger partial charge < -0.3 is 24.3 Å².